The lowest BCUT2D eigenvalue weighted by Crippen LogP contribution is -2.30. The van der Waals surface area contributed by atoms with E-state index in [1.807, 2.05) is 0 Å². The first-order chi connectivity index (χ1) is 12.8. The molecule has 2 rings (SSSR count). The van der Waals surface area contributed by atoms with Gasteiger partial charge in [-0.25, -0.2) is 8.78 Å². The van der Waals surface area contributed by atoms with Crippen LogP contribution < -0.4 is 10.1 Å². The van der Waals surface area contributed by atoms with Crippen molar-refractivity contribution in [2.75, 3.05) is 18.2 Å². The summed E-state index contributed by atoms with van der Waals surface area (Å²) in [5.41, 5.74) is 0.407. The van der Waals surface area contributed by atoms with E-state index in [-0.39, 0.29) is 10.6 Å². The molecule has 0 aliphatic carbocycles. The molecular formula is C18H16ClF2NO4S. The largest absolute Gasteiger partial charge is 0.495 e. The highest BCUT2D eigenvalue weighted by molar-refractivity contribution is 8.00. The molecule has 0 aromatic heterocycles. The fourth-order valence-electron chi connectivity index (χ4n) is 2.00. The van der Waals surface area contributed by atoms with Crippen LogP contribution in [-0.2, 0) is 14.3 Å². The van der Waals surface area contributed by atoms with Crippen LogP contribution in [0.3, 0.4) is 0 Å². The van der Waals surface area contributed by atoms with Crippen LogP contribution in [0.25, 0.3) is 0 Å². The SMILES string of the molecule is COc1ccc(NC(=O)[C@H](C)OC(=O)CSc2cc(F)ccc2F)cc1Cl. The van der Waals surface area contributed by atoms with Gasteiger partial charge < -0.3 is 14.8 Å². The minimum atomic E-state index is -1.09. The van der Waals surface area contributed by atoms with E-state index >= 15 is 0 Å². The number of anilines is 1. The van der Waals surface area contributed by atoms with Gasteiger partial charge in [-0.1, -0.05) is 11.6 Å². The number of hydrogen-bond donors (Lipinski definition) is 1. The van der Waals surface area contributed by atoms with E-state index in [0.29, 0.717) is 16.5 Å². The molecule has 27 heavy (non-hydrogen) atoms. The Morgan fingerprint density at radius 2 is 1.96 bits per heavy atom. The predicted octanol–water partition coefficient (Wildman–Crippen LogP) is 4.29. The smallest absolute Gasteiger partial charge is 0.317 e. The van der Waals surface area contributed by atoms with E-state index in [4.69, 9.17) is 21.1 Å². The standard InChI is InChI=1S/C18H16ClF2NO4S/c1-10(18(24)22-12-4-6-15(25-2)13(19)8-12)26-17(23)9-27-16-7-11(20)3-5-14(16)21/h3-8,10H,9H2,1-2H3,(H,22,24)/t10-/m0/s1. The van der Waals surface area contributed by atoms with Crippen molar-refractivity contribution in [3.05, 3.63) is 53.1 Å². The van der Waals surface area contributed by atoms with E-state index < -0.39 is 29.6 Å². The van der Waals surface area contributed by atoms with Crippen LogP contribution in [0, 0.1) is 11.6 Å². The van der Waals surface area contributed by atoms with Gasteiger partial charge >= 0.3 is 5.97 Å². The second-order valence-electron chi connectivity index (χ2n) is 5.33. The molecule has 0 radical (unpaired) electrons. The zero-order valence-electron chi connectivity index (χ0n) is 14.4. The number of esters is 1. The Morgan fingerprint density at radius 1 is 1.22 bits per heavy atom. The first-order valence-electron chi connectivity index (χ1n) is 7.72. The Bertz CT molecular complexity index is 850. The van der Waals surface area contributed by atoms with Crippen molar-refractivity contribution in [1.29, 1.82) is 0 Å². The number of halogens is 3. The molecule has 0 unspecified atom stereocenters. The second kappa shape index (κ2) is 9.57. The summed E-state index contributed by atoms with van der Waals surface area (Å²) in [7, 11) is 1.47. The quantitative estimate of drug-likeness (QED) is 0.540. The van der Waals surface area contributed by atoms with Crippen LogP contribution in [-0.4, -0.2) is 30.8 Å². The summed E-state index contributed by atoms with van der Waals surface area (Å²) in [5, 5.41) is 2.87. The van der Waals surface area contributed by atoms with Crippen molar-refractivity contribution in [2.24, 2.45) is 0 Å². The number of ether oxygens (including phenoxy) is 2. The van der Waals surface area contributed by atoms with Crippen LogP contribution >= 0.6 is 23.4 Å². The van der Waals surface area contributed by atoms with E-state index in [0.717, 1.165) is 30.0 Å². The molecule has 144 valence electrons. The van der Waals surface area contributed by atoms with Gasteiger partial charge in [0.05, 0.1) is 17.9 Å². The Kier molecular flexibility index (Phi) is 7.44. The van der Waals surface area contributed by atoms with Gasteiger partial charge in [0.15, 0.2) is 6.10 Å². The molecule has 0 spiro atoms. The topological polar surface area (TPSA) is 64.6 Å². The van der Waals surface area contributed by atoms with E-state index in [1.165, 1.54) is 20.1 Å². The first-order valence-corrected chi connectivity index (χ1v) is 9.08. The summed E-state index contributed by atoms with van der Waals surface area (Å²) in [6.45, 7) is 1.39. The third kappa shape index (κ3) is 6.11. The maximum absolute atomic E-state index is 13.5. The van der Waals surface area contributed by atoms with Crippen LogP contribution in [0.2, 0.25) is 5.02 Å². The van der Waals surface area contributed by atoms with E-state index in [9.17, 15) is 18.4 Å². The third-order valence-electron chi connectivity index (χ3n) is 3.34. The molecule has 1 atom stereocenters. The second-order valence-corrected chi connectivity index (χ2v) is 6.76. The molecule has 0 aliphatic rings. The minimum Gasteiger partial charge on any atom is -0.495 e. The van der Waals surface area contributed by atoms with E-state index in [2.05, 4.69) is 5.32 Å². The summed E-state index contributed by atoms with van der Waals surface area (Å²) in [6, 6.07) is 7.60. The monoisotopic (exact) mass is 415 g/mol. The van der Waals surface area contributed by atoms with Crippen LogP contribution in [0.4, 0.5) is 14.5 Å². The summed E-state index contributed by atoms with van der Waals surface area (Å²) in [4.78, 5) is 23.9. The number of amides is 1. The van der Waals surface area contributed by atoms with Crippen molar-refractivity contribution in [3.63, 3.8) is 0 Å². The Hall–Kier alpha value is -2.32. The molecular weight excluding hydrogens is 400 g/mol. The zero-order valence-corrected chi connectivity index (χ0v) is 16.0. The van der Waals surface area contributed by atoms with E-state index in [1.54, 1.807) is 12.1 Å². The Morgan fingerprint density at radius 3 is 2.63 bits per heavy atom. The number of methoxy groups -OCH3 is 1. The number of carbonyl (C=O) groups is 2. The maximum atomic E-state index is 13.5. The van der Waals surface area contributed by atoms with Gasteiger partial charge in [0.2, 0.25) is 0 Å². The fourth-order valence-corrected chi connectivity index (χ4v) is 3.00. The lowest BCUT2D eigenvalue weighted by Gasteiger charge is -2.14. The Balaban J connectivity index is 1.87. The van der Waals surface area contributed by atoms with Crippen molar-refractivity contribution >= 4 is 40.9 Å². The van der Waals surface area contributed by atoms with Crippen LogP contribution in [0.15, 0.2) is 41.3 Å². The number of benzene rings is 2. The highest BCUT2D eigenvalue weighted by atomic mass is 35.5. The number of rotatable bonds is 7. The van der Waals surface area contributed by atoms with Gasteiger partial charge in [-0.15, -0.1) is 11.8 Å². The minimum absolute atomic E-state index is 0.0167. The fraction of sp³-hybridized carbons (Fsp3) is 0.222. The lowest BCUT2D eigenvalue weighted by molar-refractivity contribution is -0.150. The number of carbonyl (C=O) groups excluding carboxylic acids is 2. The molecule has 9 heteroatoms. The number of hydrogen-bond acceptors (Lipinski definition) is 5. The van der Waals surface area contributed by atoms with Crippen LogP contribution in [0.1, 0.15) is 6.92 Å². The molecule has 0 fully saturated rings. The number of nitrogens with one attached hydrogen (secondary N) is 1. The van der Waals surface area contributed by atoms with Gasteiger partial charge in [-0.3, -0.25) is 9.59 Å². The Labute approximate surface area is 164 Å². The molecule has 0 saturated heterocycles. The summed E-state index contributed by atoms with van der Waals surface area (Å²) < 4.78 is 36.6. The zero-order chi connectivity index (χ0) is 20.0. The highest BCUT2D eigenvalue weighted by Gasteiger charge is 2.19. The molecule has 1 amide bonds. The van der Waals surface area contributed by atoms with Crippen molar-refractivity contribution in [1.82, 2.24) is 0 Å². The molecule has 5 nitrogen and oxygen atoms in total. The molecule has 0 saturated carbocycles. The normalized spacial score (nSPS) is 11.6. The average Bonchev–Trinajstić information content (AvgIpc) is 2.62. The van der Waals surface area contributed by atoms with Gasteiger partial charge in [0.1, 0.15) is 17.4 Å². The predicted molar refractivity (Wildman–Crippen MR) is 99.3 cm³/mol. The molecule has 0 bridgehead atoms. The van der Waals surface area contributed by atoms with Crippen molar-refractivity contribution in [3.8, 4) is 5.75 Å². The van der Waals surface area contributed by atoms with Gasteiger partial charge in [-0.05, 0) is 43.3 Å². The molecule has 2 aromatic carbocycles. The third-order valence-corrected chi connectivity index (χ3v) is 4.63. The molecule has 0 heterocycles. The lowest BCUT2D eigenvalue weighted by atomic mass is 10.3. The molecule has 1 N–H and O–H groups in total. The molecule has 0 aliphatic heterocycles. The number of thioether (sulfide) groups is 1. The van der Waals surface area contributed by atoms with Crippen molar-refractivity contribution in [2.45, 2.75) is 17.9 Å². The van der Waals surface area contributed by atoms with Crippen LogP contribution in [0.5, 0.6) is 5.75 Å². The maximum Gasteiger partial charge on any atom is 0.317 e. The first kappa shape index (κ1) is 21.0. The van der Waals surface area contributed by atoms with Gasteiger partial charge in [0, 0.05) is 10.6 Å². The average molecular weight is 416 g/mol. The van der Waals surface area contributed by atoms with Gasteiger partial charge in [0.25, 0.3) is 5.91 Å². The summed E-state index contributed by atoms with van der Waals surface area (Å²) in [6.07, 6.45) is -1.09. The molecule has 2 aromatic rings. The summed E-state index contributed by atoms with van der Waals surface area (Å²) >= 11 is 6.76. The van der Waals surface area contributed by atoms with Crippen molar-refractivity contribution < 1.29 is 27.8 Å². The highest BCUT2D eigenvalue weighted by Crippen LogP contribution is 2.27. The summed E-state index contributed by atoms with van der Waals surface area (Å²) in [5.74, 6) is -2.37. The van der Waals surface area contributed by atoms with Gasteiger partial charge in [-0.2, -0.15) is 0 Å².